The topological polar surface area (TPSA) is 67.1 Å². The van der Waals surface area contributed by atoms with E-state index in [-0.39, 0.29) is 0 Å². The van der Waals surface area contributed by atoms with Crippen molar-refractivity contribution in [3.05, 3.63) is 12.5 Å². The van der Waals surface area contributed by atoms with E-state index in [1.807, 2.05) is 0 Å². The maximum Gasteiger partial charge on any atom is 0.155 e. The zero-order valence-electron chi connectivity index (χ0n) is 8.61. The van der Waals surface area contributed by atoms with Crippen molar-refractivity contribution in [2.75, 3.05) is 30.3 Å². The zero-order valence-corrected chi connectivity index (χ0v) is 8.61. The van der Waals surface area contributed by atoms with Gasteiger partial charge in [0.2, 0.25) is 0 Å². The Labute approximate surface area is 88.7 Å². The molecule has 1 saturated heterocycles. The molecule has 15 heavy (non-hydrogen) atoms. The van der Waals surface area contributed by atoms with Crippen LogP contribution in [0, 0.1) is 0 Å². The molecule has 80 valence electrons. The highest BCUT2D eigenvalue weighted by molar-refractivity contribution is 5.61. The second-order valence-electron chi connectivity index (χ2n) is 4.43. The molecule has 5 nitrogen and oxygen atoms in total. The van der Waals surface area contributed by atoms with Gasteiger partial charge in [0.05, 0.1) is 11.9 Å². The fourth-order valence-corrected chi connectivity index (χ4v) is 2.22. The standard InChI is InChI=1S/C10H15N5/c11-8-5-12-7-13-9(8)15-4-3-14-10(6-15)1-2-10/h5,7,14H,1-4,6,11H2. The highest BCUT2D eigenvalue weighted by Gasteiger charge is 2.45. The molecule has 0 aromatic carbocycles. The van der Waals surface area contributed by atoms with Crippen molar-refractivity contribution in [2.24, 2.45) is 0 Å². The van der Waals surface area contributed by atoms with Gasteiger partial charge in [0.1, 0.15) is 6.33 Å². The second kappa shape index (κ2) is 3.06. The number of piperazine rings is 1. The maximum atomic E-state index is 5.87. The number of nitrogens with zero attached hydrogens (tertiary/aromatic N) is 3. The molecule has 5 heteroatoms. The molecule has 2 aliphatic rings. The first-order chi connectivity index (χ1) is 7.29. The minimum atomic E-state index is 0.357. The number of hydrogen-bond acceptors (Lipinski definition) is 5. The highest BCUT2D eigenvalue weighted by Crippen LogP contribution is 2.38. The summed E-state index contributed by atoms with van der Waals surface area (Å²) in [5, 5.41) is 3.56. The third-order valence-electron chi connectivity index (χ3n) is 3.25. The van der Waals surface area contributed by atoms with Crippen molar-refractivity contribution >= 4 is 11.5 Å². The Bertz CT molecular complexity index is 374. The smallest absolute Gasteiger partial charge is 0.155 e. The molecule has 0 radical (unpaired) electrons. The van der Waals surface area contributed by atoms with Gasteiger partial charge in [-0.3, -0.25) is 0 Å². The largest absolute Gasteiger partial charge is 0.394 e. The normalized spacial score (nSPS) is 23.1. The van der Waals surface area contributed by atoms with Crippen molar-refractivity contribution in [1.29, 1.82) is 0 Å². The lowest BCUT2D eigenvalue weighted by Gasteiger charge is -2.35. The molecule has 1 spiro atoms. The van der Waals surface area contributed by atoms with Crippen LogP contribution in [0.1, 0.15) is 12.8 Å². The summed E-state index contributed by atoms with van der Waals surface area (Å²) in [5.74, 6) is 0.887. The lowest BCUT2D eigenvalue weighted by atomic mass is 10.2. The number of rotatable bonds is 1. The van der Waals surface area contributed by atoms with E-state index in [2.05, 4.69) is 20.2 Å². The molecule has 0 unspecified atom stereocenters. The molecule has 1 saturated carbocycles. The van der Waals surface area contributed by atoms with Gasteiger partial charge >= 0.3 is 0 Å². The van der Waals surface area contributed by atoms with Gasteiger partial charge in [-0.25, -0.2) is 9.97 Å². The Morgan fingerprint density at radius 1 is 1.47 bits per heavy atom. The Morgan fingerprint density at radius 3 is 3.07 bits per heavy atom. The average Bonchev–Trinajstić information content (AvgIpc) is 2.98. The van der Waals surface area contributed by atoms with Crippen LogP contribution in [0.25, 0.3) is 0 Å². The van der Waals surface area contributed by atoms with Gasteiger partial charge in [-0.1, -0.05) is 0 Å². The third-order valence-corrected chi connectivity index (χ3v) is 3.25. The highest BCUT2D eigenvalue weighted by atomic mass is 15.3. The van der Waals surface area contributed by atoms with Gasteiger partial charge in [0.15, 0.2) is 5.82 Å². The van der Waals surface area contributed by atoms with Gasteiger partial charge < -0.3 is 16.0 Å². The summed E-state index contributed by atoms with van der Waals surface area (Å²) >= 11 is 0. The lowest BCUT2D eigenvalue weighted by molar-refractivity contribution is 0.440. The average molecular weight is 205 g/mol. The summed E-state index contributed by atoms with van der Waals surface area (Å²) in [5.41, 5.74) is 6.91. The molecular weight excluding hydrogens is 190 g/mol. The van der Waals surface area contributed by atoms with Crippen molar-refractivity contribution in [1.82, 2.24) is 15.3 Å². The fraction of sp³-hybridized carbons (Fsp3) is 0.600. The fourth-order valence-electron chi connectivity index (χ4n) is 2.22. The minimum absolute atomic E-state index is 0.357. The van der Waals surface area contributed by atoms with E-state index in [9.17, 15) is 0 Å². The number of anilines is 2. The summed E-state index contributed by atoms with van der Waals surface area (Å²) in [4.78, 5) is 10.4. The van der Waals surface area contributed by atoms with Crippen LogP contribution >= 0.6 is 0 Å². The Kier molecular flexibility index (Phi) is 1.82. The van der Waals surface area contributed by atoms with E-state index >= 15 is 0 Å². The SMILES string of the molecule is Nc1cncnc1N1CCNC2(CC2)C1. The Balaban J connectivity index is 1.84. The van der Waals surface area contributed by atoms with Gasteiger partial charge in [-0.05, 0) is 12.8 Å². The summed E-state index contributed by atoms with van der Waals surface area (Å²) < 4.78 is 0. The van der Waals surface area contributed by atoms with Crippen LogP contribution in [-0.2, 0) is 0 Å². The summed E-state index contributed by atoms with van der Waals surface area (Å²) in [6.45, 7) is 3.01. The van der Waals surface area contributed by atoms with Crippen LogP contribution in [0.5, 0.6) is 0 Å². The van der Waals surface area contributed by atoms with Gasteiger partial charge in [0, 0.05) is 25.2 Å². The number of nitrogens with one attached hydrogen (secondary N) is 1. The van der Waals surface area contributed by atoms with Crippen LogP contribution in [0.15, 0.2) is 12.5 Å². The summed E-state index contributed by atoms with van der Waals surface area (Å²) in [7, 11) is 0. The molecule has 1 aromatic heterocycles. The lowest BCUT2D eigenvalue weighted by Crippen LogP contribution is -2.53. The molecule has 1 aliphatic heterocycles. The van der Waals surface area contributed by atoms with Crippen LogP contribution < -0.4 is 16.0 Å². The number of nitrogens with two attached hydrogens (primary N) is 1. The quantitative estimate of drug-likeness (QED) is 0.675. The molecule has 1 aromatic rings. The van der Waals surface area contributed by atoms with Crippen molar-refractivity contribution in [3.8, 4) is 0 Å². The van der Waals surface area contributed by atoms with Crippen LogP contribution in [0.3, 0.4) is 0 Å². The predicted molar refractivity (Wildman–Crippen MR) is 58.6 cm³/mol. The van der Waals surface area contributed by atoms with Crippen molar-refractivity contribution in [3.63, 3.8) is 0 Å². The van der Waals surface area contributed by atoms with E-state index in [0.717, 1.165) is 25.5 Å². The number of nitrogen functional groups attached to an aromatic ring is 1. The zero-order chi connectivity index (χ0) is 10.3. The van der Waals surface area contributed by atoms with Crippen molar-refractivity contribution < 1.29 is 0 Å². The third kappa shape index (κ3) is 1.52. The Morgan fingerprint density at radius 2 is 2.33 bits per heavy atom. The first-order valence-electron chi connectivity index (χ1n) is 5.35. The van der Waals surface area contributed by atoms with Crippen LogP contribution in [-0.4, -0.2) is 35.1 Å². The van der Waals surface area contributed by atoms with E-state index in [0.29, 0.717) is 11.2 Å². The molecule has 2 fully saturated rings. The summed E-state index contributed by atoms with van der Waals surface area (Å²) in [6.07, 6.45) is 5.78. The van der Waals surface area contributed by atoms with Crippen molar-refractivity contribution in [2.45, 2.75) is 18.4 Å². The molecule has 3 N–H and O–H groups in total. The van der Waals surface area contributed by atoms with Gasteiger partial charge in [-0.2, -0.15) is 0 Å². The number of aromatic nitrogens is 2. The van der Waals surface area contributed by atoms with Gasteiger partial charge in [0.25, 0.3) is 0 Å². The van der Waals surface area contributed by atoms with E-state index in [1.54, 1.807) is 12.5 Å². The van der Waals surface area contributed by atoms with E-state index in [1.165, 1.54) is 12.8 Å². The van der Waals surface area contributed by atoms with Crippen LogP contribution in [0.4, 0.5) is 11.5 Å². The first-order valence-corrected chi connectivity index (χ1v) is 5.35. The molecule has 3 rings (SSSR count). The molecule has 2 heterocycles. The molecule has 0 bridgehead atoms. The Hall–Kier alpha value is -1.36. The monoisotopic (exact) mass is 205 g/mol. The van der Waals surface area contributed by atoms with E-state index < -0.39 is 0 Å². The summed E-state index contributed by atoms with van der Waals surface area (Å²) in [6, 6.07) is 0. The van der Waals surface area contributed by atoms with Gasteiger partial charge in [-0.15, -0.1) is 0 Å². The second-order valence-corrected chi connectivity index (χ2v) is 4.43. The predicted octanol–water partition coefficient (Wildman–Crippen LogP) is 0.001000. The molecule has 0 atom stereocenters. The number of hydrogen-bond donors (Lipinski definition) is 2. The first kappa shape index (κ1) is 8.91. The van der Waals surface area contributed by atoms with Crippen LogP contribution in [0.2, 0.25) is 0 Å². The maximum absolute atomic E-state index is 5.87. The molecular formula is C10H15N5. The van der Waals surface area contributed by atoms with E-state index in [4.69, 9.17) is 5.73 Å². The molecule has 0 amide bonds. The minimum Gasteiger partial charge on any atom is -0.394 e. The molecule has 1 aliphatic carbocycles.